The summed E-state index contributed by atoms with van der Waals surface area (Å²) >= 11 is 6.70. The molecule has 0 unspecified atom stereocenters. The Labute approximate surface area is 221 Å². The van der Waals surface area contributed by atoms with Gasteiger partial charge in [-0.05, 0) is 41.8 Å². The lowest BCUT2D eigenvalue weighted by Gasteiger charge is -2.31. The number of hydrogen-bond donors (Lipinski definition) is 2. The van der Waals surface area contributed by atoms with E-state index in [-0.39, 0.29) is 0 Å². The molecule has 194 valence electrons. The SMILES string of the molecule is C=CS(=O)(=O)Nc1cccc(CCN2CC(c3cc(OC)cc(OC)c3Cl)=Cc3cnc(NC)nc32)c1. The van der Waals surface area contributed by atoms with E-state index in [0.717, 1.165) is 33.5 Å². The number of nitrogens with one attached hydrogen (secondary N) is 2. The van der Waals surface area contributed by atoms with E-state index < -0.39 is 10.0 Å². The molecule has 2 N–H and O–H groups in total. The number of anilines is 3. The van der Waals surface area contributed by atoms with Crippen LogP contribution in [-0.4, -0.2) is 52.7 Å². The molecule has 2 heterocycles. The van der Waals surface area contributed by atoms with Gasteiger partial charge in [-0.25, -0.2) is 13.4 Å². The number of ether oxygens (including phenoxy) is 2. The first-order valence-corrected chi connectivity index (χ1v) is 13.4. The first-order valence-electron chi connectivity index (χ1n) is 11.4. The second-order valence-corrected chi connectivity index (χ2v) is 10.3. The number of methoxy groups -OCH3 is 2. The van der Waals surface area contributed by atoms with Crippen LogP contribution in [0.5, 0.6) is 11.5 Å². The molecule has 4 rings (SSSR count). The molecule has 0 spiro atoms. The quantitative estimate of drug-likeness (QED) is 0.381. The summed E-state index contributed by atoms with van der Waals surface area (Å²) in [5.41, 5.74) is 4.05. The Morgan fingerprint density at radius 3 is 2.73 bits per heavy atom. The number of benzene rings is 2. The Kier molecular flexibility index (Phi) is 7.89. The maximum Gasteiger partial charge on any atom is 0.254 e. The summed E-state index contributed by atoms with van der Waals surface area (Å²) in [5.74, 6) is 2.46. The smallest absolute Gasteiger partial charge is 0.254 e. The van der Waals surface area contributed by atoms with Crippen molar-refractivity contribution in [2.24, 2.45) is 0 Å². The van der Waals surface area contributed by atoms with Crippen LogP contribution in [0.3, 0.4) is 0 Å². The molecule has 0 fully saturated rings. The van der Waals surface area contributed by atoms with Crippen LogP contribution in [0.25, 0.3) is 11.6 Å². The molecule has 11 heteroatoms. The first-order chi connectivity index (χ1) is 17.8. The highest BCUT2D eigenvalue weighted by Gasteiger charge is 2.24. The van der Waals surface area contributed by atoms with E-state index >= 15 is 0 Å². The maximum atomic E-state index is 11.9. The lowest BCUT2D eigenvalue weighted by Crippen LogP contribution is -2.31. The summed E-state index contributed by atoms with van der Waals surface area (Å²) in [4.78, 5) is 11.2. The fourth-order valence-corrected chi connectivity index (χ4v) is 4.90. The van der Waals surface area contributed by atoms with Gasteiger partial charge in [0, 0.05) is 54.6 Å². The summed E-state index contributed by atoms with van der Waals surface area (Å²) in [7, 11) is 1.35. The summed E-state index contributed by atoms with van der Waals surface area (Å²) < 4.78 is 37.2. The minimum atomic E-state index is -3.59. The number of hydrogen-bond acceptors (Lipinski definition) is 8. The third kappa shape index (κ3) is 5.98. The van der Waals surface area contributed by atoms with Crippen molar-refractivity contribution in [3.05, 3.63) is 76.3 Å². The van der Waals surface area contributed by atoms with E-state index in [1.807, 2.05) is 30.3 Å². The van der Waals surface area contributed by atoms with Gasteiger partial charge in [-0.1, -0.05) is 30.3 Å². The fraction of sp³-hybridized carbons (Fsp3) is 0.231. The Hall–Kier alpha value is -3.76. The molecular formula is C26H28ClN5O4S. The van der Waals surface area contributed by atoms with Crippen LogP contribution in [0.1, 0.15) is 16.7 Å². The zero-order valence-electron chi connectivity index (χ0n) is 20.8. The van der Waals surface area contributed by atoms with Gasteiger partial charge in [-0.2, -0.15) is 4.98 Å². The van der Waals surface area contributed by atoms with Gasteiger partial charge in [0.25, 0.3) is 10.0 Å². The van der Waals surface area contributed by atoms with Crippen molar-refractivity contribution in [1.29, 1.82) is 0 Å². The van der Waals surface area contributed by atoms with E-state index in [1.165, 1.54) is 0 Å². The predicted molar refractivity (Wildman–Crippen MR) is 149 cm³/mol. The number of nitrogens with zero attached hydrogens (tertiary/aromatic N) is 3. The van der Waals surface area contributed by atoms with Crippen molar-refractivity contribution < 1.29 is 17.9 Å². The van der Waals surface area contributed by atoms with Gasteiger partial charge in [-0.15, -0.1) is 0 Å². The zero-order chi connectivity index (χ0) is 26.6. The molecule has 0 saturated carbocycles. The van der Waals surface area contributed by atoms with Crippen LogP contribution in [-0.2, 0) is 16.4 Å². The lowest BCUT2D eigenvalue weighted by molar-refractivity contribution is 0.394. The molecule has 0 saturated heterocycles. The predicted octanol–water partition coefficient (Wildman–Crippen LogP) is 4.68. The molecule has 0 radical (unpaired) electrons. The van der Waals surface area contributed by atoms with Gasteiger partial charge in [0.15, 0.2) is 0 Å². The van der Waals surface area contributed by atoms with Crippen LogP contribution in [0.4, 0.5) is 17.5 Å². The molecule has 0 bridgehead atoms. The molecule has 9 nitrogen and oxygen atoms in total. The fourth-order valence-electron chi connectivity index (χ4n) is 4.05. The van der Waals surface area contributed by atoms with Gasteiger partial charge < -0.3 is 19.7 Å². The van der Waals surface area contributed by atoms with E-state index in [4.69, 9.17) is 26.1 Å². The first kappa shape index (κ1) is 26.3. The summed E-state index contributed by atoms with van der Waals surface area (Å²) in [5, 5.41) is 4.37. The molecule has 0 aliphatic carbocycles. The van der Waals surface area contributed by atoms with Crippen LogP contribution in [0.15, 0.2) is 54.6 Å². The van der Waals surface area contributed by atoms with Crippen LogP contribution < -0.4 is 24.4 Å². The number of rotatable bonds is 10. The number of fused-ring (bicyclic) bond motifs is 1. The third-order valence-electron chi connectivity index (χ3n) is 5.90. The largest absolute Gasteiger partial charge is 0.497 e. The highest BCUT2D eigenvalue weighted by Crippen LogP contribution is 2.40. The van der Waals surface area contributed by atoms with Gasteiger partial charge in [0.2, 0.25) is 5.95 Å². The Balaban J connectivity index is 1.66. The zero-order valence-corrected chi connectivity index (χ0v) is 22.4. The highest BCUT2D eigenvalue weighted by molar-refractivity contribution is 7.95. The van der Waals surface area contributed by atoms with Crippen LogP contribution in [0, 0.1) is 0 Å². The standard InChI is InChI=1S/C26H28ClN5O4S/c1-5-37(33,34)31-20-8-6-7-17(11-20)9-10-32-16-19(12-18-15-29-26(28-2)30-25(18)32)22-13-21(35-3)14-23(36-4)24(22)27/h5-8,11-15,31H,1,9-10,16H2,2-4H3,(H,28,29,30). The minimum Gasteiger partial charge on any atom is -0.497 e. The maximum absolute atomic E-state index is 11.9. The minimum absolute atomic E-state index is 0.479. The van der Waals surface area contributed by atoms with Gasteiger partial charge in [-0.3, -0.25) is 4.72 Å². The Morgan fingerprint density at radius 2 is 2.03 bits per heavy atom. The normalized spacial score (nSPS) is 12.9. The van der Waals surface area contributed by atoms with Crippen molar-refractivity contribution >= 4 is 50.7 Å². The highest BCUT2D eigenvalue weighted by atomic mass is 35.5. The third-order valence-corrected chi connectivity index (χ3v) is 7.25. The van der Waals surface area contributed by atoms with Gasteiger partial charge in [0.1, 0.15) is 17.3 Å². The summed E-state index contributed by atoms with van der Waals surface area (Å²) in [6, 6.07) is 10.9. The molecule has 0 atom stereocenters. The van der Waals surface area contributed by atoms with Crippen molar-refractivity contribution in [2.45, 2.75) is 6.42 Å². The van der Waals surface area contributed by atoms with Crippen molar-refractivity contribution in [3.63, 3.8) is 0 Å². The molecule has 2 aromatic carbocycles. The number of sulfonamides is 1. The van der Waals surface area contributed by atoms with Crippen LogP contribution >= 0.6 is 11.6 Å². The number of aromatic nitrogens is 2. The van der Waals surface area contributed by atoms with Crippen LogP contribution in [0.2, 0.25) is 5.02 Å². The average Bonchev–Trinajstić information content (AvgIpc) is 2.91. The van der Waals surface area contributed by atoms with Crippen molar-refractivity contribution in [3.8, 4) is 11.5 Å². The molecule has 37 heavy (non-hydrogen) atoms. The second-order valence-electron chi connectivity index (χ2n) is 8.27. The molecule has 3 aromatic rings. The molecule has 1 aromatic heterocycles. The monoisotopic (exact) mass is 541 g/mol. The Morgan fingerprint density at radius 1 is 1.22 bits per heavy atom. The van der Waals surface area contributed by atoms with Gasteiger partial charge >= 0.3 is 0 Å². The topological polar surface area (TPSA) is 106 Å². The second kappa shape index (κ2) is 11.1. The van der Waals surface area contributed by atoms with Gasteiger partial charge in [0.05, 0.1) is 19.2 Å². The molecule has 0 amide bonds. The van der Waals surface area contributed by atoms with E-state index in [2.05, 4.69) is 26.5 Å². The average molecular weight is 542 g/mol. The molecule has 1 aliphatic rings. The molecular weight excluding hydrogens is 514 g/mol. The van der Waals surface area contributed by atoms with Crippen molar-refractivity contribution in [2.75, 3.05) is 49.3 Å². The lowest BCUT2D eigenvalue weighted by atomic mass is 9.98. The van der Waals surface area contributed by atoms with E-state index in [1.54, 1.807) is 39.6 Å². The summed E-state index contributed by atoms with van der Waals surface area (Å²) in [6.45, 7) is 4.48. The van der Waals surface area contributed by atoms with Crippen molar-refractivity contribution in [1.82, 2.24) is 9.97 Å². The van der Waals surface area contributed by atoms with E-state index in [0.29, 0.717) is 47.7 Å². The Bertz CT molecular complexity index is 1460. The van der Waals surface area contributed by atoms with E-state index in [9.17, 15) is 8.42 Å². The number of halogens is 1. The summed E-state index contributed by atoms with van der Waals surface area (Å²) in [6.07, 6.45) is 4.44. The molecule has 1 aliphatic heterocycles.